The molecule has 0 bridgehead atoms. The van der Waals surface area contributed by atoms with E-state index in [0.29, 0.717) is 21.8 Å². The molecule has 0 aliphatic rings. The van der Waals surface area contributed by atoms with Gasteiger partial charge in [0.2, 0.25) is 0 Å². The van der Waals surface area contributed by atoms with Gasteiger partial charge in [-0.3, -0.25) is 0 Å². The number of aromatic hydroxyl groups is 2. The molecular formula is C15H14ClNO4. The highest BCUT2D eigenvalue weighted by Crippen LogP contribution is 2.26. The maximum Gasteiger partial charge on any atom is 0.339 e. The Hall–Kier alpha value is -2.40. The molecule has 0 saturated heterocycles. The van der Waals surface area contributed by atoms with Crippen molar-refractivity contribution in [2.45, 2.75) is 6.54 Å². The molecule has 2 aromatic carbocycles. The number of phenolic OH excluding ortho intramolecular Hbond substituents is 2. The molecule has 0 amide bonds. The van der Waals surface area contributed by atoms with Gasteiger partial charge in [0, 0.05) is 23.2 Å². The van der Waals surface area contributed by atoms with Crippen molar-refractivity contribution in [1.29, 1.82) is 0 Å². The Morgan fingerprint density at radius 2 is 2.00 bits per heavy atom. The van der Waals surface area contributed by atoms with Crippen molar-refractivity contribution in [3.63, 3.8) is 0 Å². The lowest BCUT2D eigenvalue weighted by Gasteiger charge is -2.12. The first kappa shape index (κ1) is 15.0. The van der Waals surface area contributed by atoms with Crippen LogP contribution in [0.25, 0.3) is 0 Å². The Morgan fingerprint density at radius 1 is 1.24 bits per heavy atom. The summed E-state index contributed by atoms with van der Waals surface area (Å²) in [5.74, 6) is -0.539. The zero-order chi connectivity index (χ0) is 15.4. The molecule has 0 aliphatic carbocycles. The van der Waals surface area contributed by atoms with E-state index >= 15 is 0 Å². The highest BCUT2D eigenvalue weighted by atomic mass is 35.5. The molecule has 5 nitrogen and oxygen atoms in total. The second-order valence-electron chi connectivity index (χ2n) is 4.35. The van der Waals surface area contributed by atoms with Gasteiger partial charge in [0.05, 0.1) is 18.4 Å². The Morgan fingerprint density at radius 3 is 2.67 bits per heavy atom. The Kier molecular flexibility index (Phi) is 4.55. The Balaban J connectivity index is 2.23. The summed E-state index contributed by atoms with van der Waals surface area (Å²) in [6, 6.07) is 9.06. The van der Waals surface area contributed by atoms with Gasteiger partial charge in [-0.05, 0) is 30.3 Å². The summed E-state index contributed by atoms with van der Waals surface area (Å²) in [6.45, 7) is 0.260. The molecule has 2 aromatic rings. The van der Waals surface area contributed by atoms with E-state index in [-0.39, 0.29) is 18.0 Å². The fourth-order valence-corrected chi connectivity index (χ4v) is 2.01. The molecule has 0 radical (unpaired) electrons. The third kappa shape index (κ3) is 3.58. The topological polar surface area (TPSA) is 78.8 Å². The molecule has 6 heteroatoms. The third-order valence-electron chi connectivity index (χ3n) is 2.93. The number of carbonyl (C=O) groups is 1. The summed E-state index contributed by atoms with van der Waals surface area (Å²) in [6.07, 6.45) is 0. The molecular weight excluding hydrogens is 294 g/mol. The first-order valence-electron chi connectivity index (χ1n) is 6.14. The summed E-state index contributed by atoms with van der Waals surface area (Å²) in [5, 5.41) is 22.5. The van der Waals surface area contributed by atoms with Crippen LogP contribution in [0.5, 0.6) is 11.5 Å². The van der Waals surface area contributed by atoms with Crippen LogP contribution in [0.3, 0.4) is 0 Å². The smallest absolute Gasteiger partial charge is 0.339 e. The van der Waals surface area contributed by atoms with Gasteiger partial charge in [0.15, 0.2) is 0 Å². The van der Waals surface area contributed by atoms with Crippen LogP contribution in [0.1, 0.15) is 15.9 Å². The molecule has 0 saturated carbocycles. The summed E-state index contributed by atoms with van der Waals surface area (Å²) >= 11 is 5.92. The molecule has 0 aromatic heterocycles. The van der Waals surface area contributed by atoms with Gasteiger partial charge in [-0.1, -0.05) is 11.6 Å². The highest BCUT2D eigenvalue weighted by molar-refractivity contribution is 6.31. The Bertz CT molecular complexity index is 673. The lowest BCUT2D eigenvalue weighted by Crippen LogP contribution is -2.08. The number of anilines is 1. The predicted octanol–water partition coefficient (Wildman–Crippen LogP) is 3.15. The minimum Gasteiger partial charge on any atom is -0.508 e. The van der Waals surface area contributed by atoms with Gasteiger partial charge in [0.25, 0.3) is 0 Å². The zero-order valence-corrected chi connectivity index (χ0v) is 12.0. The quantitative estimate of drug-likeness (QED) is 0.756. The van der Waals surface area contributed by atoms with Crippen molar-refractivity contribution in [2.24, 2.45) is 0 Å². The largest absolute Gasteiger partial charge is 0.508 e. The van der Waals surface area contributed by atoms with E-state index in [1.165, 1.54) is 19.2 Å². The van der Waals surface area contributed by atoms with Crippen LogP contribution in [0.15, 0.2) is 36.4 Å². The SMILES string of the molecule is COC(=O)c1ccc(Cl)cc1NCc1ccc(O)cc1O. The zero-order valence-electron chi connectivity index (χ0n) is 11.3. The standard InChI is InChI=1S/C15H14ClNO4/c1-21-15(20)12-5-3-10(16)6-13(12)17-8-9-2-4-11(18)7-14(9)19/h2-7,17-19H,8H2,1H3. The maximum absolute atomic E-state index is 11.7. The van der Waals surface area contributed by atoms with E-state index in [1.807, 2.05) is 0 Å². The number of esters is 1. The van der Waals surface area contributed by atoms with Crippen LogP contribution in [0, 0.1) is 0 Å². The fraction of sp³-hybridized carbons (Fsp3) is 0.133. The van der Waals surface area contributed by atoms with Gasteiger partial charge in [0.1, 0.15) is 11.5 Å². The number of benzene rings is 2. The molecule has 0 spiro atoms. The molecule has 3 N–H and O–H groups in total. The normalized spacial score (nSPS) is 10.2. The van der Waals surface area contributed by atoms with E-state index in [9.17, 15) is 15.0 Å². The lowest BCUT2D eigenvalue weighted by molar-refractivity contribution is 0.0602. The summed E-state index contributed by atoms with van der Waals surface area (Å²) in [7, 11) is 1.30. The van der Waals surface area contributed by atoms with Crippen LogP contribution >= 0.6 is 11.6 Å². The van der Waals surface area contributed by atoms with Crippen molar-refractivity contribution >= 4 is 23.3 Å². The van der Waals surface area contributed by atoms with Crippen LogP contribution < -0.4 is 5.32 Å². The Labute approximate surface area is 126 Å². The summed E-state index contributed by atoms with van der Waals surface area (Å²) < 4.78 is 4.70. The first-order valence-corrected chi connectivity index (χ1v) is 6.51. The van der Waals surface area contributed by atoms with Gasteiger partial charge < -0.3 is 20.3 Å². The van der Waals surface area contributed by atoms with Crippen LogP contribution in [0.2, 0.25) is 5.02 Å². The molecule has 0 fully saturated rings. The monoisotopic (exact) mass is 307 g/mol. The molecule has 0 aliphatic heterocycles. The van der Waals surface area contributed by atoms with Crippen LogP contribution in [-0.4, -0.2) is 23.3 Å². The minimum absolute atomic E-state index is 0.0192. The number of methoxy groups -OCH3 is 1. The van der Waals surface area contributed by atoms with E-state index < -0.39 is 5.97 Å². The number of nitrogens with one attached hydrogen (secondary N) is 1. The van der Waals surface area contributed by atoms with Gasteiger partial charge in [-0.15, -0.1) is 0 Å². The molecule has 110 valence electrons. The fourth-order valence-electron chi connectivity index (χ4n) is 1.84. The van der Waals surface area contributed by atoms with Crippen molar-refractivity contribution in [1.82, 2.24) is 0 Å². The number of phenols is 2. The molecule has 2 rings (SSSR count). The van der Waals surface area contributed by atoms with Crippen molar-refractivity contribution in [3.8, 4) is 11.5 Å². The molecule has 21 heavy (non-hydrogen) atoms. The number of rotatable bonds is 4. The number of halogens is 1. The predicted molar refractivity (Wildman–Crippen MR) is 79.9 cm³/mol. The summed E-state index contributed by atoms with van der Waals surface area (Å²) in [4.78, 5) is 11.7. The van der Waals surface area contributed by atoms with Crippen LogP contribution in [0.4, 0.5) is 5.69 Å². The van der Waals surface area contributed by atoms with Crippen molar-refractivity contribution < 1.29 is 19.7 Å². The second kappa shape index (κ2) is 6.37. The van der Waals surface area contributed by atoms with Gasteiger partial charge >= 0.3 is 5.97 Å². The minimum atomic E-state index is -0.482. The average molecular weight is 308 g/mol. The number of hydrogen-bond donors (Lipinski definition) is 3. The van der Waals surface area contributed by atoms with E-state index in [2.05, 4.69) is 5.32 Å². The van der Waals surface area contributed by atoms with Gasteiger partial charge in [-0.25, -0.2) is 4.79 Å². The second-order valence-corrected chi connectivity index (χ2v) is 4.78. The molecule has 0 heterocycles. The lowest BCUT2D eigenvalue weighted by atomic mass is 10.1. The highest BCUT2D eigenvalue weighted by Gasteiger charge is 2.12. The maximum atomic E-state index is 11.7. The average Bonchev–Trinajstić information content (AvgIpc) is 2.45. The third-order valence-corrected chi connectivity index (χ3v) is 3.16. The summed E-state index contributed by atoms with van der Waals surface area (Å²) in [5.41, 5.74) is 1.42. The van der Waals surface area contributed by atoms with E-state index in [4.69, 9.17) is 16.3 Å². The van der Waals surface area contributed by atoms with Gasteiger partial charge in [-0.2, -0.15) is 0 Å². The van der Waals surface area contributed by atoms with E-state index in [0.717, 1.165) is 0 Å². The van der Waals surface area contributed by atoms with Crippen molar-refractivity contribution in [2.75, 3.05) is 12.4 Å². The number of ether oxygens (including phenoxy) is 1. The number of carbonyl (C=O) groups excluding carboxylic acids is 1. The van der Waals surface area contributed by atoms with Crippen molar-refractivity contribution in [3.05, 3.63) is 52.5 Å². The first-order chi connectivity index (χ1) is 10.0. The molecule has 0 unspecified atom stereocenters. The van der Waals surface area contributed by atoms with E-state index in [1.54, 1.807) is 24.3 Å². The number of hydrogen-bond acceptors (Lipinski definition) is 5. The van der Waals surface area contributed by atoms with Crippen LogP contribution in [-0.2, 0) is 11.3 Å². The molecule has 0 atom stereocenters.